The second-order valence-corrected chi connectivity index (χ2v) is 7.13. The lowest BCUT2D eigenvalue weighted by molar-refractivity contribution is -0.130. The van der Waals surface area contributed by atoms with E-state index in [4.69, 9.17) is 0 Å². The van der Waals surface area contributed by atoms with Crippen LogP contribution in [0.5, 0.6) is 0 Å². The monoisotopic (exact) mass is 327 g/mol. The molecule has 1 fully saturated rings. The van der Waals surface area contributed by atoms with Crippen LogP contribution in [0.2, 0.25) is 0 Å². The van der Waals surface area contributed by atoms with Crippen molar-refractivity contribution in [2.24, 2.45) is 0 Å². The number of pyridine rings is 1. The molecular weight excluding hydrogens is 306 g/mol. The van der Waals surface area contributed by atoms with Crippen LogP contribution in [0.4, 0.5) is 5.82 Å². The first-order valence-electron chi connectivity index (χ1n) is 7.01. The Hall–Kier alpha value is -1.71. The zero-order valence-corrected chi connectivity index (χ0v) is 13.6. The highest BCUT2D eigenvalue weighted by Crippen LogP contribution is 2.12. The number of hydrogen-bond donors (Lipinski definition) is 1. The minimum atomic E-state index is -3.57. The molecule has 0 saturated carbocycles. The normalized spacial score (nSPS) is 16.1. The second-order valence-electron chi connectivity index (χ2n) is 5.16. The molecule has 1 amide bonds. The van der Waals surface area contributed by atoms with Crippen LogP contribution < -0.4 is 9.62 Å². The summed E-state index contributed by atoms with van der Waals surface area (Å²) in [6, 6.07) is 5.72. The van der Waals surface area contributed by atoms with E-state index < -0.39 is 10.2 Å². The number of rotatable bonds is 5. The Morgan fingerprint density at radius 1 is 1.27 bits per heavy atom. The van der Waals surface area contributed by atoms with Gasteiger partial charge in [0, 0.05) is 46.5 Å². The van der Waals surface area contributed by atoms with E-state index in [1.165, 1.54) is 14.1 Å². The summed E-state index contributed by atoms with van der Waals surface area (Å²) in [4.78, 5) is 20.1. The Morgan fingerprint density at radius 3 is 2.50 bits per heavy atom. The molecule has 1 aromatic heterocycles. The molecule has 2 rings (SSSR count). The molecule has 1 N–H and O–H groups in total. The zero-order valence-electron chi connectivity index (χ0n) is 12.8. The molecule has 0 aliphatic carbocycles. The Balaban J connectivity index is 1.83. The lowest BCUT2D eigenvalue weighted by atomic mass is 10.3. The maximum atomic E-state index is 12.1. The molecule has 1 aliphatic rings. The molecule has 0 spiro atoms. The third-order valence-electron chi connectivity index (χ3n) is 3.49. The fraction of sp³-hybridized carbons (Fsp3) is 0.538. The van der Waals surface area contributed by atoms with E-state index >= 15 is 0 Å². The van der Waals surface area contributed by atoms with Crippen molar-refractivity contribution < 1.29 is 13.2 Å². The first kappa shape index (κ1) is 16.7. The van der Waals surface area contributed by atoms with Crippen LogP contribution in [-0.4, -0.2) is 75.3 Å². The van der Waals surface area contributed by atoms with Crippen LogP contribution in [0.3, 0.4) is 0 Å². The van der Waals surface area contributed by atoms with Crippen molar-refractivity contribution >= 4 is 21.9 Å². The van der Waals surface area contributed by atoms with Gasteiger partial charge in [0.15, 0.2) is 0 Å². The Morgan fingerprint density at radius 2 is 1.95 bits per heavy atom. The molecule has 0 aromatic carbocycles. The van der Waals surface area contributed by atoms with Crippen LogP contribution in [-0.2, 0) is 15.0 Å². The van der Waals surface area contributed by atoms with Gasteiger partial charge >= 0.3 is 0 Å². The van der Waals surface area contributed by atoms with Crippen molar-refractivity contribution in [2.45, 2.75) is 0 Å². The van der Waals surface area contributed by atoms with Crippen molar-refractivity contribution in [3.8, 4) is 0 Å². The number of nitrogens with one attached hydrogen (secondary N) is 1. The summed E-state index contributed by atoms with van der Waals surface area (Å²) in [5, 5.41) is 0. The summed E-state index contributed by atoms with van der Waals surface area (Å²) < 4.78 is 26.5. The summed E-state index contributed by atoms with van der Waals surface area (Å²) in [6.45, 7) is 2.26. The number of carbonyl (C=O) groups excluding carboxylic acids is 1. The van der Waals surface area contributed by atoms with Gasteiger partial charge < -0.3 is 9.80 Å². The average Bonchev–Trinajstić information content (AvgIpc) is 2.53. The number of hydrogen-bond acceptors (Lipinski definition) is 5. The van der Waals surface area contributed by atoms with Crippen LogP contribution in [0, 0.1) is 0 Å². The molecule has 1 aliphatic heterocycles. The van der Waals surface area contributed by atoms with E-state index in [-0.39, 0.29) is 12.5 Å². The Bertz CT molecular complexity index is 597. The smallest absolute Gasteiger partial charge is 0.279 e. The molecule has 1 saturated heterocycles. The van der Waals surface area contributed by atoms with E-state index in [0.717, 1.165) is 10.1 Å². The SMILES string of the molecule is CN(C)S(=O)(=O)NCC(=O)N1CCN(c2ccccn2)CC1. The van der Waals surface area contributed by atoms with E-state index in [0.29, 0.717) is 26.2 Å². The van der Waals surface area contributed by atoms with Gasteiger partial charge in [0.2, 0.25) is 5.91 Å². The van der Waals surface area contributed by atoms with Crippen molar-refractivity contribution in [3.05, 3.63) is 24.4 Å². The van der Waals surface area contributed by atoms with Gasteiger partial charge in [-0.05, 0) is 12.1 Å². The second kappa shape index (κ2) is 7.03. The van der Waals surface area contributed by atoms with E-state index in [9.17, 15) is 13.2 Å². The number of aromatic nitrogens is 1. The van der Waals surface area contributed by atoms with Crippen LogP contribution in [0.25, 0.3) is 0 Å². The predicted octanol–water partition coefficient (Wildman–Crippen LogP) is -0.874. The molecule has 1 aromatic rings. The minimum Gasteiger partial charge on any atom is -0.353 e. The predicted molar refractivity (Wildman–Crippen MR) is 83.6 cm³/mol. The van der Waals surface area contributed by atoms with Crippen LogP contribution in [0.1, 0.15) is 0 Å². The summed E-state index contributed by atoms with van der Waals surface area (Å²) in [6.07, 6.45) is 1.74. The van der Waals surface area contributed by atoms with E-state index in [1.807, 2.05) is 18.2 Å². The highest BCUT2D eigenvalue weighted by molar-refractivity contribution is 7.87. The summed E-state index contributed by atoms with van der Waals surface area (Å²) >= 11 is 0. The van der Waals surface area contributed by atoms with Gasteiger partial charge in [-0.25, -0.2) is 4.98 Å². The number of anilines is 1. The maximum Gasteiger partial charge on any atom is 0.279 e. The molecule has 2 heterocycles. The quantitative estimate of drug-likeness (QED) is 0.759. The highest BCUT2D eigenvalue weighted by atomic mass is 32.2. The number of carbonyl (C=O) groups is 1. The molecule has 8 nitrogen and oxygen atoms in total. The number of piperazine rings is 1. The van der Waals surface area contributed by atoms with Crippen molar-refractivity contribution in [2.75, 3.05) is 51.7 Å². The fourth-order valence-electron chi connectivity index (χ4n) is 2.12. The third kappa shape index (κ3) is 4.15. The van der Waals surface area contributed by atoms with E-state index in [1.54, 1.807) is 11.1 Å². The van der Waals surface area contributed by atoms with Gasteiger partial charge in [-0.15, -0.1) is 0 Å². The molecule has 0 unspecified atom stereocenters. The minimum absolute atomic E-state index is 0.217. The summed E-state index contributed by atoms with van der Waals surface area (Å²) in [5.74, 6) is 0.675. The van der Waals surface area contributed by atoms with Gasteiger partial charge in [0.05, 0.1) is 6.54 Å². The van der Waals surface area contributed by atoms with Crippen LogP contribution in [0.15, 0.2) is 24.4 Å². The van der Waals surface area contributed by atoms with Gasteiger partial charge in [0.1, 0.15) is 5.82 Å². The van der Waals surface area contributed by atoms with Gasteiger partial charge in [0.25, 0.3) is 10.2 Å². The number of nitrogens with zero attached hydrogens (tertiary/aromatic N) is 4. The van der Waals surface area contributed by atoms with Crippen LogP contribution >= 0.6 is 0 Å². The highest BCUT2D eigenvalue weighted by Gasteiger charge is 2.23. The lowest BCUT2D eigenvalue weighted by Crippen LogP contribution is -2.52. The van der Waals surface area contributed by atoms with Gasteiger partial charge in [-0.3, -0.25) is 4.79 Å². The number of amides is 1. The average molecular weight is 327 g/mol. The standard InChI is InChI=1S/C13H21N5O3S/c1-16(2)22(20,21)15-11-13(19)18-9-7-17(8-10-18)12-5-3-4-6-14-12/h3-6,15H,7-11H2,1-2H3. The summed E-state index contributed by atoms with van der Waals surface area (Å²) in [7, 11) is -0.740. The summed E-state index contributed by atoms with van der Waals surface area (Å²) in [5.41, 5.74) is 0. The molecule has 0 bridgehead atoms. The lowest BCUT2D eigenvalue weighted by Gasteiger charge is -2.35. The topological polar surface area (TPSA) is 85.8 Å². The molecule has 122 valence electrons. The van der Waals surface area contributed by atoms with E-state index in [2.05, 4.69) is 14.6 Å². The first-order chi connectivity index (χ1) is 10.4. The zero-order chi connectivity index (χ0) is 16.2. The third-order valence-corrected chi connectivity index (χ3v) is 4.96. The molecule has 0 atom stereocenters. The fourth-order valence-corrected chi connectivity index (χ4v) is 2.68. The Kier molecular flexibility index (Phi) is 5.33. The van der Waals surface area contributed by atoms with Crippen molar-refractivity contribution in [1.29, 1.82) is 0 Å². The maximum absolute atomic E-state index is 12.1. The van der Waals surface area contributed by atoms with Gasteiger partial charge in [-0.2, -0.15) is 17.4 Å². The first-order valence-corrected chi connectivity index (χ1v) is 8.45. The molecule has 9 heteroatoms. The Labute approximate surface area is 130 Å². The molecule has 22 heavy (non-hydrogen) atoms. The van der Waals surface area contributed by atoms with Gasteiger partial charge in [-0.1, -0.05) is 6.07 Å². The molecule has 0 radical (unpaired) electrons. The largest absolute Gasteiger partial charge is 0.353 e. The molecular formula is C13H21N5O3S. The van der Waals surface area contributed by atoms with Crippen molar-refractivity contribution in [3.63, 3.8) is 0 Å². The van der Waals surface area contributed by atoms with Crippen molar-refractivity contribution in [1.82, 2.24) is 18.9 Å².